The number of rotatable bonds is 4. The number of anilines is 1. The molecule has 0 N–H and O–H groups in total. The first-order chi connectivity index (χ1) is 15.5. The van der Waals surface area contributed by atoms with Crippen LogP contribution >= 0.6 is 23.1 Å². The second-order valence-electron chi connectivity index (χ2n) is 7.36. The maximum absolute atomic E-state index is 13.9. The molecule has 5 rings (SSSR count). The number of aryl methyl sites for hydroxylation is 1. The molecule has 0 saturated carbocycles. The topological polar surface area (TPSA) is 55.2 Å². The molecule has 0 radical (unpaired) electrons. The summed E-state index contributed by atoms with van der Waals surface area (Å²) >= 11 is 2.29. The lowest BCUT2D eigenvalue weighted by molar-refractivity contribution is -0.116. The van der Waals surface area contributed by atoms with E-state index >= 15 is 0 Å². The molecule has 4 aromatic rings. The van der Waals surface area contributed by atoms with E-state index in [4.69, 9.17) is 0 Å². The fourth-order valence-corrected chi connectivity index (χ4v) is 5.53. The lowest BCUT2D eigenvalue weighted by Crippen LogP contribution is -2.36. The van der Waals surface area contributed by atoms with Gasteiger partial charge in [-0.2, -0.15) is 0 Å². The van der Waals surface area contributed by atoms with Crippen LogP contribution < -0.4 is 10.5 Å². The van der Waals surface area contributed by atoms with E-state index in [9.17, 15) is 18.4 Å². The first kappa shape index (κ1) is 20.8. The Morgan fingerprint density at radius 2 is 1.91 bits per heavy atom. The Bertz CT molecular complexity index is 1380. The minimum absolute atomic E-state index is 0.0357. The number of para-hydroxylation sites is 1. The van der Waals surface area contributed by atoms with Crippen molar-refractivity contribution in [2.75, 3.05) is 17.2 Å². The average molecular weight is 470 g/mol. The molecule has 5 nitrogen and oxygen atoms in total. The van der Waals surface area contributed by atoms with Gasteiger partial charge in [0.15, 0.2) is 5.16 Å². The molecule has 3 heterocycles. The van der Waals surface area contributed by atoms with Crippen molar-refractivity contribution in [1.29, 1.82) is 0 Å². The van der Waals surface area contributed by atoms with E-state index in [1.165, 1.54) is 15.9 Å². The van der Waals surface area contributed by atoms with Crippen molar-refractivity contribution in [3.8, 4) is 5.69 Å². The molecule has 32 heavy (non-hydrogen) atoms. The molecule has 1 amide bonds. The van der Waals surface area contributed by atoms with Crippen LogP contribution in [0.3, 0.4) is 0 Å². The third-order valence-electron chi connectivity index (χ3n) is 5.29. The summed E-state index contributed by atoms with van der Waals surface area (Å²) < 4.78 is 29.3. The molecule has 1 aliphatic heterocycles. The number of hydrogen-bond donors (Lipinski definition) is 0. The molecule has 2 aromatic heterocycles. The Morgan fingerprint density at radius 1 is 1.12 bits per heavy atom. The van der Waals surface area contributed by atoms with Crippen LogP contribution in [0, 0.1) is 11.6 Å². The minimum atomic E-state index is -0.796. The van der Waals surface area contributed by atoms with Gasteiger partial charge in [0, 0.05) is 18.3 Å². The Balaban J connectivity index is 1.51. The number of nitrogens with zero attached hydrogens (tertiary/aromatic N) is 3. The smallest absolute Gasteiger partial charge is 0.276 e. The van der Waals surface area contributed by atoms with Crippen molar-refractivity contribution < 1.29 is 13.6 Å². The van der Waals surface area contributed by atoms with E-state index < -0.39 is 17.2 Å². The molecule has 0 atom stereocenters. The Morgan fingerprint density at radius 3 is 2.72 bits per heavy atom. The van der Waals surface area contributed by atoms with Crippen molar-refractivity contribution in [3.63, 3.8) is 0 Å². The fourth-order valence-electron chi connectivity index (χ4n) is 3.88. The molecule has 2 aromatic carbocycles. The van der Waals surface area contributed by atoms with Crippen LogP contribution in [0.1, 0.15) is 12.0 Å². The summed E-state index contributed by atoms with van der Waals surface area (Å²) in [4.78, 5) is 32.4. The Kier molecular flexibility index (Phi) is 5.52. The van der Waals surface area contributed by atoms with Crippen LogP contribution in [-0.2, 0) is 11.2 Å². The van der Waals surface area contributed by atoms with Gasteiger partial charge in [0.05, 0.1) is 17.0 Å². The quantitative estimate of drug-likeness (QED) is 0.318. The molecule has 0 bridgehead atoms. The molecule has 0 aliphatic carbocycles. The van der Waals surface area contributed by atoms with Gasteiger partial charge < -0.3 is 4.90 Å². The highest BCUT2D eigenvalue weighted by atomic mass is 32.2. The zero-order valence-corrected chi connectivity index (χ0v) is 18.4. The molecule has 0 spiro atoms. The van der Waals surface area contributed by atoms with Crippen molar-refractivity contribution in [2.24, 2.45) is 0 Å². The summed E-state index contributed by atoms with van der Waals surface area (Å²) in [5, 5.41) is 1.95. The Labute approximate surface area is 190 Å². The number of hydrogen-bond acceptors (Lipinski definition) is 5. The number of aromatic nitrogens is 2. The third kappa shape index (κ3) is 3.82. The number of carbonyl (C=O) groups excluding carboxylic acids is 1. The van der Waals surface area contributed by atoms with Crippen molar-refractivity contribution in [1.82, 2.24) is 9.55 Å². The van der Waals surface area contributed by atoms with Gasteiger partial charge in [-0.05, 0) is 48.1 Å². The molecule has 0 saturated heterocycles. The molecule has 162 valence electrons. The maximum atomic E-state index is 13.9. The minimum Gasteiger partial charge on any atom is -0.311 e. The normalized spacial score (nSPS) is 13.4. The zero-order valence-electron chi connectivity index (χ0n) is 16.8. The predicted molar refractivity (Wildman–Crippen MR) is 123 cm³/mol. The molecule has 0 unspecified atom stereocenters. The molecule has 9 heteroatoms. The van der Waals surface area contributed by atoms with E-state index in [-0.39, 0.29) is 22.5 Å². The van der Waals surface area contributed by atoms with Gasteiger partial charge in [-0.15, -0.1) is 11.3 Å². The highest BCUT2D eigenvalue weighted by molar-refractivity contribution is 7.99. The van der Waals surface area contributed by atoms with E-state index in [2.05, 4.69) is 4.98 Å². The van der Waals surface area contributed by atoms with Crippen LogP contribution in [0.4, 0.5) is 14.5 Å². The van der Waals surface area contributed by atoms with Crippen molar-refractivity contribution in [3.05, 3.63) is 81.5 Å². The van der Waals surface area contributed by atoms with Crippen LogP contribution in [0.5, 0.6) is 0 Å². The summed E-state index contributed by atoms with van der Waals surface area (Å²) in [6.07, 6.45) is 1.80. The number of carbonyl (C=O) groups is 1. The summed E-state index contributed by atoms with van der Waals surface area (Å²) in [5.41, 5.74) is 2.13. The number of benzene rings is 2. The molecule has 0 fully saturated rings. The second kappa shape index (κ2) is 8.48. The van der Waals surface area contributed by atoms with E-state index in [1.54, 1.807) is 16.3 Å². The highest BCUT2D eigenvalue weighted by Gasteiger charge is 2.23. The largest absolute Gasteiger partial charge is 0.311 e. The number of thioether (sulfide) groups is 1. The van der Waals surface area contributed by atoms with Crippen molar-refractivity contribution >= 4 is 44.9 Å². The lowest BCUT2D eigenvalue weighted by Gasteiger charge is -2.29. The zero-order chi connectivity index (χ0) is 22.2. The standard InChI is InChI=1S/C23H17F2N3O2S2/c24-15-10-16(25)12-17(11-15)28-22(30)21-18(7-9-31-21)26-23(28)32-13-20(29)27-8-3-5-14-4-1-2-6-19(14)27/h1-2,4,6-7,9-12H,3,5,8,13H2. The fraction of sp³-hybridized carbons (Fsp3) is 0.174. The van der Waals surface area contributed by atoms with Gasteiger partial charge >= 0.3 is 0 Å². The van der Waals surface area contributed by atoms with Gasteiger partial charge in [-0.3, -0.25) is 14.2 Å². The monoisotopic (exact) mass is 469 g/mol. The predicted octanol–water partition coefficient (Wildman–Crippen LogP) is 4.80. The molecular weight excluding hydrogens is 452 g/mol. The van der Waals surface area contributed by atoms with Crippen molar-refractivity contribution in [2.45, 2.75) is 18.0 Å². The van der Waals surface area contributed by atoms with Gasteiger partial charge in [0.2, 0.25) is 5.91 Å². The SMILES string of the molecule is O=C(CSc1nc2ccsc2c(=O)n1-c1cc(F)cc(F)c1)N1CCCc2ccccc21. The highest BCUT2D eigenvalue weighted by Crippen LogP contribution is 2.29. The number of thiophene rings is 1. The van der Waals surface area contributed by atoms with E-state index in [0.29, 0.717) is 16.8 Å². The van der Waals surface area contributed by atoms with Crippen LogP contribution in [-0.4, -0.2) is 27.8 Å². The van der Waals surface area contributed by atoms with Crippen LogP contribution in [0.25, 0.3) is 15.9 Å². The average Bonchev–Trinajstić information content (AvgIpc) is 3.25. The Hall–Kier alpha value is -3.04. The first-order valence-electron chi connectivity index (χ1n) is 9.99. The number of halogens is 2. The number of fused-ring (bicyclic) bond motifs is 2. The van der Waals surface area contributed by atoms with E-state index in [1.807, 2.05) is 24.3 Å². The maximum Gasteiger partial charge on any atom is 0.276 e. The summed E-state index contributed by atoms with van der Waals surface area (Å²) in [6, 6.07) is 12.4. The summed E-state index contributed by atoms with van der Waals surface area (Å²) in [5.74, 6) is -1.67. The number of amides is 1. The van der Waals surface area contributed by atoms with Gasteiger partial charge in [-0.25, -0.2) is 13.8 Å². The summed E-state index contributed by atoms with van der Waals surface area (Å²) in [6.45, 7) is 0.620. The van der Waals surface area contributed by atoms with Crippen LogP contribution in [0.15, 0.2) is 63.9 Å². The van der Waals surface area contributed by atoms with Gasteiger partial charge in [0.25, 0.3) is 5.56 Å². The first-order valence-corrected chi connectivity index (χ1v) is 11.9. The lowest BCUT2D eigenvalue weighted by atomic mass is 10.0. The third-order valence-corrected chi connectivity index (χ3v) is 7.11. The van der Waals surface area contributed by atoms with Crippen LogP contribution in [0.2, 0.25) is 0 Å². The summed E-state index contributed by atoms with van der Waals surface area (Å²) in [7, 11) is 0. The molecular formula is C23H17F2N3O2S2. The molecule has 1 aliphatic rings. The second-order valence-corrected chi connectivity index (χ2v) is 9.22. The van der Waals surface area contributed by atoms with Gasteiger partial charge in [-0.1, -0.05) is 30.0 Å². The van der Waals surface area contributed by atoms with Gasteiger partial charge in [0.1, 0.15) is 16.3 Å². The van der Waals surface area contributed by atoms with E-state index in [0.717, 1.165) is 54.1 Å².